The maximum atomic E-state index is 14.2. The lowest BCUT2D eigenvalue weighted by Gasteiger charge is -2.28. The Morgan fingerprint density at radius 2 is 2.06 bits per heavy atom. The number of benzene rings is 1. The average Bonchev–Trinajstić information content (AvgIpc) is 2.86. The molecule has 1 aromatic carbocycles. The van der Waals surface area contributed by atoms with E-state index in [1.165, 1.54) is 31.4 Å². The molecule has 2 aromatic rings. The van der Waals surface area contributed by atoms with Gasteiger partial charge in [-0.05, 0) is 63.7 Å². The smallest absolute Gasteiger partial charge is 0.250 e. The highest BCUT2D eigenvalue weighted by molar-refractivity contribution is 6.32. The number of anilines is 4. The van der Waals surface area contributed by atoms with Gasteiger partial charge in [0.25, 0.3) is 0 Å². The van der Waals surface area contributed by atoms with Crippen molar-refractivity contribution in [2.24, 2.45) is 5.92 Å². The first-order valence-electron chi connectivity index (χ1n) is 11.5. The molecule has 3 N–H and O–H groups in total. The van der Waals surface area contributed by atoms with Gasteiger partial charge >= 0.3 is 0 Å². The molecule has 11 heteroatoms. The highest BCUT2D eigenvalue weighted by Crippen LogP contribution is 2.26. The number of aromatic nitrogens is 2. The van der Waals surface area contributed by atoms with Crippen LogP contribution in [0.25, 0.3) is 0 Å². The molecule has 1 aliphatic rings. The minimum atomic E-state index is -0.546. The molecule has 0 atom stereocenters. The minimum Gasteiger partial charge on any atom is -0.369 e. The summed E-state index contributed by atoms with van der Waals surface area (Å²) in [4.78, 5) is 36.1. The molecule has 2 amide bonds. The minimum absolute atomic E-state index is 0.0887. The van der Waals surface area contributed by atoms with Crippen LogP contribution in [0.4, 0.5) is 27.5 Å². The number of hydrogen-bond donors (Lipinski definition) is 3. The van der Waals surface area contributed by atoms with Gasteiger partial charge < -0.3 is 25.8 Å². The number of nitrogens with one attached hydrogen (secondary N) is 3. The summed E-state index contributed by atoms with van der Waals surface area (Å²) in [6.07, 6.45) is 5.05. The van der Waals surface area contributed by atoms with Crippen molar-refractivity contribution in [1.82, 2.24) is 20.2 Å². The first-order valence-corrected chi connectivity index (χ1v) is 11.9. The molecule has 9 nitrogen and oxygen atoms in total. The molecule has 1 saturated heterocycles. The third kappa shape index (κ3) is 7.37. The molecule has 1 aliphatic heterocycles. The molecule has 0 unspecified atom stereocenters. The lowest BCUT2D eigenvalue weighted by molar-refractivity contribution is -0.126. The number of likely N-dealkylation sites (tertiary alicyclic amines) is 1. The fourth-order valence-electron chi connectivity index (χ4n) is 3.71. The number of carbonyl (C=O) groups excluding carboxylic acids is 2. The van der Waals surface area contributed by atoms with Crippen molar-refractivity contribution in [3.63, 3.8) is 0 Å². The zero-order chi connectivity index (χ0) is 25.4. The van der Waals surface area contributed by atoms with Crippen LogP contribution in [0.1, 0.15) is 19.3 Å². The van der Waals surface area contributed by atoms with Crippen LogP contribution in [-0.2, 0) is 9.59 Å². The predicted molar refractivity (Wildman–Crippen MR) is 137 cm³/mol. The molecular weight excluding hydrogens is 473 g/mol. The van der Waals surface area contributed by atoms with Crippen molar-refractivity contribution in [1.29, 1.82) is 0 Å². The van der Waals surface area contributed by atoms with E-state index in [2.05, 4.69) is 44.4 Å². The van der Waals surface area contributed by atoms with Gasteiger partial charge in [-0.25, -0.2) is 9.37 Å². The highest BCUT2D eigenvalue weighted by atomic mass is 35.5. The number of hydrogen-bond acceptors (Lipinski definition) is 7. The molecule has 1 fully saturated rings. The summed E-state index contributed by atoms with van der Waals surface area (Å²) in [7, 11) is 3.53. The van der Waals surface area contributed by atoms with Crippen LogP contribution < -0.4 is 20.9 Å². The summed E-state index contributed by atoms with van der Waals surface area (Å²) in [5.41, 5.74) is 0.588. The summed E-state index contributed by atoms with van der Waals surface area (Å²) >= 11 is 6.22. The molecule has 0 aliphatic carbocycles. The standard InChI is InChI=1S/C24H31ClFN7O2/c1-4-21(34)33(3)20-14-17(6-7-19(20)26)30-24-29-15-18(25)22(31-24)27-10-5-11-28-23(35)16-8-12-32(2)13-9-16/h4,6-7,14-16H,1,5,8-13H2,2-3H3,(H,28,35)(H2,27,29,30,31). The van der Waals surface area contributed by atoms with Crippen molar-refractivity contribution in [3.8, 4) is 0 Å². The van der Waals surface area contributed by atoms with Gasteiger partial charge in [-0.2, -0.15) is 4.98 Å². The van der Waals surface area contributed by atoms with E-state index in [0.29, 0.717) is 36.0 Å². The molecule has 0 spiro atoms. The van der Waals surface area contributed by atoms with Gasteiger partial charge in [-0.1, -0.05) is 18.2 Å². The van der Waals surface area contributed by atoms with Crippen molar-refractivity contribution < 1.29 is 14.0 Å². The summed E-state index contributed by atoms with van der Waals surface area (Å²) < 4.78 is 14.2. The molecule has 0 bridgehead atoms. The van der Waals surface area contributed by atoms with Crippen LogP contribution in [0.5, 0.6) is 0 Å². The van der Waals surface area contributed by atoms with Gasteiger partial charge in [0.2, 0.25) is 17.8 Å². The third-order valence-electron chi connectivity index (χ3n) is 5.85. The molecule has 3 rings (SSSR count). The zero-order valence-corrected chi connectivity index (χ0v) is 20.7. The largest absolute Gasteiger partial charge is 0.369 e. The van der Waals surface area contributed by atoms with E-state index in [4.69, 9.17) is 11.6 Å². The molecule has 1 aromatic heterocycles. The summed E-state index contributed by atoms with van der Waals surface area (Å²) in [6.45, 7) is 6.43. The molecule has 2 heterocycles. The van der Waals surface area contributed by atoms with Gasteiger partial charge in [0, 0.05) is 31.7 Å². The van der Waals surface area contributed by atoms with Crippen LogP contribution in [0, 0.1) is 11.7 Å². The first-order chi connectivity index (χ1) is 16.8. The molecular formula is C24H31ClFN7O2. The number of carbonyl (C=O) groups is 2. The Labute approximate surface area is 209 Å². The molecule has 35 heavy (non-hydrogen) atoms. The van der Waals surface area contributed by atoms with Gasteiger partial charge in [0.1, 0.15) is 16.7 Å². The zero-order valence-electron chi connectivity index (χ0n) is 20.0. The van der Waals surface area contributed by atoms with E-state index >= 15 is 0 Å². The Bertz CT molecular complexity index is 1060. The lowest BCUT2D eigenvalue weighted by Crippen LogP contribution is -2.39. The lowest BCUT2D eigenvalue weighted by atomic mass is 9.96. The van der Waals surface area contributed by atoms with Crippen LogP contribution in [-0.4, -0.2) is 67.0 Å². The maximum absolute atomic E-state index is 14.2. The third-order valence-corrected chi connectivity index (χ3v) is 6.12. The van der Waals surface area contributed by atoms with Crippen LogP contribution in [0.3, 0.4) is 0 Å². The van der Waals surface area contributed by atoms with Crippen LogP contribution in [0.2, 0.25) is 5.02 Å². The van der Waals surface area contributed by atoms with Crippen molar-refractivity contribution >= 4 is 46.6 Å². The normalized spacial score (nSPS) is 14.3. The molecule has 0 radical (unpaired) electrons. The second kappa shape index (κ2) is 12.5. The van der Waals surface area contributed by atoms with E-state index in [9.17, 15) is 14.0 Å². The van der Waals surface area contributed by atoms with E-state index < -0.39 is 11.7 Å². The summed E-state index contributed by atoms with van der Waals surface area (Å²) in [5.74, 6) is -0.0855. The summed E-state index contributed by atoms with van der Waals surface area (Å²) in [5, 5.41) is 9.50. The number of rotatable bonds is 10. The number of likely N-dealkylation sites (N-methyl/N-ethyl adjacent to an activating group) is 1. The molecule has 188 valence electrons. The summed E-state index contributed by atoms with van der Waals surface area (Å²) in [6, 6.07) is 4.25. The topological polar surface area (TPSA) is 102 Å². The van der Waals surface area contributed by atoms with Gasteiger partial charge in [0.05, 0.1) is 11.9 Å². The van der Waals surface area contributed by atoms with Crippen molar-refractivity contribution in [2.45, 2.75) is 19.3 Å². The van der Waals surface area contributed by atoms with Crippen LogP contribution >= 0.6 is 11.6 Å². The number of piperidine rings is 1. The fraction of sp³-hybridized carbons (Fsp3) is 0.417. The Hall–Kier alpha value is -3.24. The highest BCUT2D eigenvalue weighted by Gasteiger charge is 2.22. The fourth-order valence-corrected chi connectivity index (χ4v) is 3.86. The quantitative estimate of drug-likeness (QED) is 0.337. The van der Waals surface area contributed by atoms with E-state index in [0.717, 1.165) is 36.9 Å². The Morgan fingerprint density at radius 1 is 1.31 bits per heavy atom. The van der Waals surface area contributed by atoms with Crippen LogP contribution in [0.15, 0.2) is 37.1 Å². The van der Waals surface area contributed by atoms with E-state index in [-0.39, 0.29) is 23.5 Å². The van der Waals surface area contributed by atoms with Gasteiger partial charge in [-0.15, -0.1) is 0 Å². The van der Waals surface area contributed by atoms with Gasteiger partial charge in [0.15, 0.2) is 0 Å². The number of amides is 2. The Balaban J connectivity index is 1.52. The Kier molecular flexibility index (Phi) is 9.39. The number of nitrogens with zero attached hydrogens (tertiary/aromatic N) is 4. The number of halogens is 2. The SMILES string of the molecule is C=CC(=O)N(C)c1cc(Nc2ncc(Cl)c(NCCCNC(=O)C3CCN(C)CC3)n2)ccc1F. The van der Waals surface area contributed by atoms with E-state index in [1.807, 2.05) is 0 Å². The Morgan fingerprint density at radius 3 is 2.77 bits per heavy atom. The monoisotopic (exact) mass is 503 g/mol. The second-order valence-electron chi connectivity index (χ2n) is 8.43. The molecule has 0 saturated carbocycles. The first kappa shape index (κ1) is 26.4. The van der Waals surface area contributed by atoms with Gasteiger partial charge in [-0.3, -0.25) is 9.59 Å². The van der Waals surface area contributed by atoms with Crippen molar-refractivity contribution in [3.05, 3.63) is 47.9 Å². The second-order valence-corrected chi connectivity index (χ2v) is 8.84. The maximum Gasteiger partial charge on any atom is 0.250 e. The predicted octanol–water partition coefficient (Wildman–Crippen LogP) is 3.42. The van der Waals surface area contributed by atoms with Crippen molar-refractivity contribution in [2.75, 3.05) is 55.8 Å². The average molecular weight is 504 g/mol. The van der Waals surface area contributed by atoms with E-state index in [1.54, 1.807) is 0 Å².